The number of rotatable bonds is 4. The Morgan fingerprint density at radius 2 is 1.83 bits per heavy atom. The Balaban J connectivity index is 1.91. The van der Waals surface area contributed by atoms with Crippen LogP contribution in [0.15, 0.2) is 23.5 Å². The maximum atomic E-state index is 4.80. The number of aliphatic imine (C=N–C) groups is 1. The summed E-state index contributed by atoms with van der Waals surface area (Å²) in [6.07, 6.45) is 4.69. The average Bonchev–Trinajstić information content (AvgIpc) is 2.54. The molecule has 0 saturated carbocycles. The Labute approximate surface area is 140 Å². The van der Waals surface area contributed by atoms with Crippen LogP contribution in [0.4, 0.5) is 5.95 Å². The zero-order valence-corrected chi connectivity index (χ0v) is 14.9. The second kappa shape index (κ2) is 8.13. The van der Waals surface area contributed by atoms with Crippen molar-refractivity contribution in [2.45, 2.75) is 34.1 Å². The summed E-state index contributed by atoms with van der Waals surface area (Å²) < 4.78 is 0. The molecule has 1 N–H and O–H groups in total. The largest absolute Gasteiger partial charge is 0.357 e. The Bertz CT molecular complexity index is 486. The van der Waals surface area contributed by atoms with Crippen molar-refractivity contribution in [3.8, 4) is 0 Å². The van der Waals surface area contributed by atoms with Gasteiger partial charge in [0.05, 0.1) is 0 Å². The second-order valence-electron chi connectivity index (χ2n) is 7.07. The SMILES string of the molecule is CCNC(=NCCC(C)(C)C)N1CCN(c2ncccn2)CC1. The summed E-state index contributed by atoms with van der Waals surface area (Å²) >= 11 is 0. The van der Waals surface area contributed by atoms with Gasteiger partial charge in [-0.1, -0.05) is 20.8 Å². The second-order valence-corrected chi connectivity index (χ2v) is 7.07. The van der Waals surface area contributed by atoms with Gasteiger partial charge in [-0.2, -0.15) is 0 Å². The van der Waals surface area contributed by atoms with Crippen molar-refractivity contribution in [2.24, 2.45) is 10.4 Å². The zero-order valence-electron chi connectivity index (χ0n) is 14.9. The van der Waals surface area contributed by atoms with E-state index in [0.29, 0.717) is 5.41 Å². The van der Waals surface area contributed by atoms with Gasteiger partial charge in [0.2, 0.25) is 5.95 Å². The third kappa shape index (κ3) is 5.69. The molecule has 1 aromatic rings. The highest BCUT2D eigenvalue weighted by molar-refractivity contribution is 5.80. The molecule has 2 heterocycles. The van der Waals surface area contributed by atoms with Crippen LogP contribution in [-0.4, -0.2) is 60.1 Å². The number of nitrogens with zero attached hydrogens (tertiary/aromatic N) is 5. The van der Waals surface area contributed by atoms with Crippen LogP contribution >= 0.6 is 0 Å². The maximum absolute atomic E-state index is 4.80. The van der Waals surface area contributed by atoms with Crippen LogP contribution in [0.25, 0.3) is 0 Å². The molecule has 23 heavy (non-hydrogen) atoms. The lowest BCUT2D eigenvalue weighted by Crippen LogP contribution is -2.53. The Kier molecular flexibility index (Phi) is 6.19. The van der Waals surface area contributed by atoms with Crippen molar-refractivity contribution in [1.82, 2.24) is 20.2 Å². The molecule has 0 aromatic carbocycles. The van der Waals surface area contributed by atoms with Gasteiger partial charge in [0, 0.05) is 51.7 Å². The standard InChI is InChI=1S/C17H30N6/c1-5-18-15(21-10-7-17(2,3)4)22-11-13-23(14-12-22)16-19-8-6-9-20-16/h6,8-9H,5,7,10-14H2,1-4H3,(H,18,21). The van der Waals surface area contributed by atoms with Gasteiger partial charge >= 0.3 is 0 Å². The van der Waals surface area contributed by atoms with Crippen LogP contribution in [0.2, 0.25) is 0 Å². The summed E-state index contributed by atoms with van der Waals surface area (Å²) in [5.74, 6) is 1.85. The van der Waals surface area contributed by atoms with Crippen LogP contribution in [0.3, 0.4) is 0 Å². The molecule has 0 radical (unpaired) electrons. The number of piperazine rings is 1. The summed E-state index contributed by atoms with van der Waals surface area (Å²) in [6, 6.07) is 1.85. The molecule has 1 aromatic heterocycles. The van der Waals surface area contributed by atoms with E-state index in [9.17, 15) is 0 Å². The van der Waals surface area contributed by atoms with Crippen LogP contribution in [-0.2, 0) is 0 Å². The van der Waals surface area contributed by atoms with Gasteiger partial charge in [-0.15, -0.1) is 0 Å². The van der Waals surface area contributed by atoms with Gasteiger partial charge < -0.3 is 15.1 Å². The Hall–Kier alpha value is -1.85. The average molecular weight is 318 g/mol. The summed E-state index contributed by atoms with van der Waals surface area (Å²) in [7, 11) is 0. The fourth-order valence-corrected chi connectivity index (χ4v) is 2.50. The molecule has 1 aliphatic heterocycles. The minimum absolute atomic E-state index is 0.324. The number of aromatic nitrogens is 2. The van der Waals surface area contributed by atoms with Gasteiger partial charge in [-0.05, 0) is 24.8 Å². The highest BCUT2D eigenvalue weighted by Crippen LogP contribution is 2.18. The monoisotopic (exact) mass is 318 g/mol. The molecule has 1 fully saturated rings. The zero-order chi connectivity index (χ0) is 16.7. The lowest BCUT2D eigenvalue weighted by atomic mass is 9.92. The molecule has 0 amide bonds. The van der Waals surface area contributed by atoms with Gasteiger partial charge in [-0.25, -0.2) is 9.97 Å². The molecular weight excluding hydrogens is 288 g/mol. The third-order valence-electron chi connectivity index (χ3n) is 3.87. The quantitative estimate of drug-likeness (QED) is 0.680. The van der Waals surface area contributed by atoms with E-state index in [2.05, 4.69) is 52.8 Å². The summed E-state index contributed by atoms with van der Waals surface area (Å²) in [5, 5.41) is 3.42. The first-order valence-electron chi connectivity index (χ1n) is 8.55. The van der Waals surface area contributed by atoms with Crippen molar-refractivity contribution in [3.05, 3.63) is 18.5 Å². The van der Waals surface area contributed by atoms with E-state index in [1.54, 1.807) is 12.4 Å². The Morgan fingerprint density at radius 3 is 2.39 bits per heavy atom. The lowest BCUT2D eigenvalue weighted by molar-refractivity contribution is 0.362. The van der Waals surface area contributed by atoms with E-state index in [4.69, 9.17) is 4.99 Å². The van der Waals surface area contributed by atoms with Crippen molar-refractivity contribution >= 4 is 11.9 Å². The number of hydrogen-bond acceptors (Lipinski definition) is 4. The lowest BCUT2D eigenvalue weighted by Gasteiger charge is -2.36. The molecule has 0 atom stereocenters. The van der Waals surface area contributed by atoms with Gasteiger partial charge in [-0.3, -0.25) is 4.99 Å². The van der Waals surface area contributed by atoms with E-state index in [0.717, 1.165) is 57.6 Å². The first kappa shape index (κ1) is 17.5. The van der Waals surface area contributed by atoms with E-state index >= 15 is 0 Å². The molecule has 6 nitrogen and oxygen atoms in total. The number of hydrogen-bond donors (Lipinski definition) is 1. The van der Waals surface area contributed by atoms with E-state index in [-0.39, 0.29) is 0 Å². The molecule has 1 aliphatic rings. The predicted octanol–water partition coefficient (Wildman–Crippen LogP) is 2.00. The molecule has 0 aliphatic carbocycles. The van der Waals surface area contributed by atoms with Gasteiger partial charge in [0.1, 0.15) is 0 Å². The van der Waals surface area contributed by atoms with Crippen molar-refractivity contribution in [2.75, 3.05) is 44.2 Å². The van der Waals surface area contributed by atoms with Crippen molar-refractivity contribution < 1.29 is 0 Å². The minimum atomic E-state index is 0.324. The highest BCUT2D eigenvalue weighted by atomic mass is 15.4. The molecule has 0 spiro atoms. The van der Waals surface area contributed by atoms with E-state index in [1.807, 2.05) is 6.07 Å². The van der Waals surface area contributed by atoms with E-state index < -0.39 is 0 Å². The molecule has 1 saturated heterocycles. The van der Waals surface area contributed by atoms with Crippen LogP contribution in [0, 0.1) is 5.41 Å². The predicted molar refractivity (Wildman–Crippen MR) is 95.9 cm³/mol. The van der Waals surface area contributed by atoms with Crippen molar-refractivity contribution in [1.29, 1.82) is 0 Å². The fourth-order valence-electron chi connectivity index (χ4n) is 2.50. The highest BCUT2D eigenvalue weighted by Gasteiger charge is 2.21. The first-order valence-corrected chi connectivity index (χ1v) is 8.55. The van der Waals surface area contributed by atoms with Crippen LogP contribution in [0.1, 0.15) is 34.1 Å². The molecule has 128 valence electrons. The number of guanidine groups is 1. The van der Waals surface area contributed by atoms with Crippen LogP contribution < -0.4 is 10.2 Å². The molecular formula is C17H30N6. The fraction of sp³-hybridized carbons (Fsp3) is 0.706. The molecule has 2 rings (SSSR count). The van der Waals surface area contributed by atoms with E-state index in [1.165, 1.54) is 0 Å². The Morgan fingerprint density at radius 1 is 1.17 bits per heavy atom. The maximum Gasteiger partial charge on any atom is 0.225 e. The summed E-state index contributed by atoms with van der Waals surface area (Å²) in [6.45, 7) is 14.4. The number of anilines is 1. The summed E-state index contributed by atoms with van der Waals surface area (Å²) in [5.41, 5.74) is 0.324. The van der Waals surface area contributed by atoms with Gasteiger partial charge in [0.15, 0.2) is 5.96 Å². The smallest absolute Gasteiger partial charge is 0.225 e. The minimum Gasteiger partial charge on any atom is -0.357 e. The molecule has 6 heteroatoms. The molecule has 0 bridgehead atoms. The number of nitrogens with one attached hydrogen (secondary N) is 1. The normalized spacial score (nSPS) is 16.6. The van der Waals surface area contributed by atoms with Gasteiger partial charge in [0.25, 0.3) is 0 Å². The third-order valence-corrected chi connectivity index (χ3v) is 3.87. The first-order chi connectivity index (χ1) is 11.0. The van der Waals surface area contributed by atoms with Crippen LogP contribution in [0.5, 0.6) is 0 Å². The van der Waals surface area contributed by atoms with Crippen molar-refractivity contribution in [3.63, 3.8) is 0 Å². The topological polar surface area (TPSA) is 56.7 Å². The molecule has 0 unspecified atom stereocenters. The summed E-state index contributed by atoms with van der Waals surface area (Å²) in [4.78, 5) is 18.0.